The molecule has 13 aromatic rings. The van der Waals surface area contributed by atoms with Gasteiger partial charge in [0.05, 0.1) is 0 Å². The predicted octanol–water partition coefficient (Wildman–Crippen LogP) is 17.2. The molecule has 0 nitrogen and oxygen atoms in total. The van der Waals surface area contributed by atoms with Crippen LogP contribution in [0.15, 0.2) is 194 Å². The van der Waals surface area contributed by atoms with Gasteiger partial charge in [-0.15, -0.1) is 22.7 Å². The van der Waals surface area contributed by atoms with Gasteiger partial charge >= 0.3 is 0 Å². The molecule has 0 aliphatic rings. The van der Waals surface area contributed by atoms with Crippen molar-refractivity contribution in [1.29, 1.82) is 0 Å². The van der Waals surface area contributed by atoms with Crippen LogP contribution >= 0.6 is 22.7 Å². The fraction of sp³-hybridized carbons (Fsp3) is 0. The lowest BCUT2D eigenvalue weighted by Gasteiger charge is -2.19. The molecule has 0 saturated carbocycles. The van der Waals surface area contributed by atoms with Gasteiger partial charge in [0.1, 0.15) is 0 Å². The van der Waals surface area contributed by atoms with Crippen LogP contribution in [0.1, 0.15) is 0 Å². The van der Waals surface area contributed by atoms with E-state index in [1.165, 1.54) is 128 Å². The van der Waals surface area contributed by atoms with Crippen LogP contribution in [0.4, 0.5) is 0 Å². The van der Waals surface area contributed by atoms with Crippen molar-refractivity contribution >= 4 is 117 Å². The molecule has 0 fully saturated rings. The molecule has 0 spiro atoms. The highest BCUT2D eigenvalue weighted by molar-refractivity contribution is 7.28. The summed E-state index contributed by atoms with van der Waals surface area (Å²) in [5.74, 6) is 0. The van der Waals surface area contributed by atoms with Gasteiger partial charge in [-0.1, -0.05) is 158 Å². The molecule has 0 aliphatic carbocycles. The Balaban J connectivity index is 0.991. The van der Waals surface area contributed by atoms with Crippen molar-refractivity contribution in [2.75, 3.05) is 0 Å². The first-order chi connectivity index (χ1) is 28.7. The van der Waals surface area contributed by atoms with Gasteiger partial charge < -0.3 is 0 Å². The molecule has 2 aromatic heterocycles. The average Bonchev–Trinajstić information content (AvgIpc) is 3.84. The summed E-state index contributed by atoms with van der Waals surface area (Å²) in [6.45, 7) is 0. The summed E-state index contributed by atoms with van der Waals surface area (Å²) < 4.78 is 5.43. The summed E-state index contributed by atoms with van der Waals surface area (Å²) in [5.41, 5.74) is 7.63. The van der Waals surface area contributed by atoms with E-state index in [9.17, 15) is 0 Å². The normalized spacial score (nSPS) is 12.1. The van der Waals surface area contributed by atoms with Gasteiger partial charge in [-0.3, -0.25) is 0 Å². The van der Waals surface area contributed by atoms with Crippen LogP contribution in [0.3, 0.4) is 0 Å². The van der Waals surface area contributed by atoms with Crippen molar-refractivity contribution < 1.29 is 0 Å². The van der Waals surface area contributed by atoms with Gasteiger partial charge in [0.25, 0.3) is 0 Å². The van der Waals surface area contributed by atoms with Gasteiger partial charge in [-0.05, 0) is 118 Å². The minimum Gasteiger partial charge on any atom is -0.135 e. The maximum absolute atomic E-state index is 2.46. The lowest BCUT2D eigenvalue weighted by atomic mass is 9.84. The number of hydrogen-bond donors (Lipinski definition) is 0. The Bertz CT molecular complexity index is 3800. The summed E-state index contributed by atoms with van der Waals surface area (Å²) in [4.78, 5) is 0. The van der Waals surface area contributed by atoms with E-state index in [-0.39, 0.29) is 0 Å². The Morgan fingerprint density at radius 2 is 0.776 bits per heavy atom. The number of benzene rings is 11. The molecule has 11 aromatic carbocycles. The molecule has 2 heterocycles. The second-order valence-corrected chi connectivity index (χ2v) is 17.7. The molecule has 0 saturated heterocycles. The molecule has 2 heteroatoms. The zero-order valence-electron chi connectivity index (χ0n) is 31.3. The second-order valence-electron chi connectivity index (χ2n) is 15.5. The molecule has 0 unspecified atom stereocenters. The molecule has 0 N–H and O–H groups in total. The topological polar surface area (TPSA) is 0 Å². The highest BCUT2D eigenvalue weighted by atomic mass is 32.1. The number of thiophene rings is 2. The standard InChI is InChI=1S/C56H32S2/c1-2-14-38-33(12-1)13-11-22-41(38)55-44-19-6-4-17-42(44)54(43-18-5-7-20-45(43)55)37-27-25-34-28-36(26-24-35(34)29-37)47-30-50-49-32-52-48(40-16-9-10-23-51(40)57-52)31-53(49)58-56(50)46-21-8-3-15-39(46)47/h1-32H. The third-order valence-electron chi connectivity index (χ3n) is 12.4. The number of hydrogen-bond acceptors (Lipinski definition) is 2. The Labute approximate surface area is 342 Å². The Kier molecular flexibility index (Phi) is 6.86. The molecule has 13 rings (SSSR count). The third-order valence-corrected chi connectivity index (χ3v) is 14.7. The van der Waals surface area contributed by atoms with E-state index in [4.69, 9.17) is 0 Å². The quantitative estimate of drug-likeness (QED) is 0.157. The van der Waals surface area contributed by atoms with Crippen molar-refractivity contribution in [3.8, 4) is 33.4 Å². The number of rotatable bonds is 3. The lowest BCUT2D eigenvalue weighted by Crippen LogP contribution is -1.91. The van der Waals surface area contributed by atoms with E-state index in [1.807, 2.05) is 22.7 Å². The zero-order chi connectivity index (χ0) is 37.9. The first-order valence-corrected chi connectivity index (χ1v) is 21.5. The van der Waals surface area contributed by atoms with Gasteiger partial charge in [-0.2, -0.15) is 0 Å². The van der Waals surface area contributed by atoms with E-state index in [2.05, 4.69) is 194 Å². The maximum Gasteiger partial charge on any atom is 0.0434 e. The maximum atomic E-state index is 2.46. The minimum atomic E-state index is 1.24. The van der Waals surface area contributed by atoms with Crippen molar-refractivity contribution in [3.05, 3.63) is 194 Å². The molecule has 58 heavy (non-hydrogen) atoms. The predicted molar refractivity (Wildman–Crippen MR) is 256 cm³/mol. The molecule has 0 bridgehead atoms. The Morgan fingerprint density at radius 1 is 0.241 bits per heavy atom. The fourth-order valence-corrected chi connectivity index (χ4v) is 12.2. The van der Waals surface area contributed by atoms with Crippen LogP contribution in [0.25, 0.3) is 128 Å². The summed E-state index contributed by atoms with van der Waals surface area (Å²) >= 11 is 3.83. The van der Waals surface area contributed by atoms with E-state index >= 15 is 0 Å². The molecule has 0 aliphatic heterocycles. The van der Waals surface area contributed by atoms with Crippen molar-refractivity contribution in [2.45, 2.75) is 0 Å². The Morgan fingerprint density at radius 3 is 1.52 bits per heavy atom. The van der Waals surface area contributed by atoms with Crippen LogP contribution < -0.4 is 0 Å². The molecular weight excluding hydrogens is 737 g/mol. The van der Waals surface area contributed by atoms with Crippen molar-refractivity contribution in [2.24, 2.45) is 0 Å². The van der Waals surface area contributed by atoms with Crippen LogP contribution in [0, 0.1) is 0 Å². The van der Waals surface area contributed by atoms with E-state index in [0.717, 1.165) is 0 Å². The molecular formula is C56H32S2. The fourth-order valence-electron chi connectivity index (χ4n) is 9.80. The van der Waals surface area contributed by atoms with Crippen LogP contribution in [0.5, 0.6) is 0 Å². The molecule has 0 radical (unpaired) electrons. The van der Waals surface area contributed by atoms with E-state index < -0.39 is 0 Å². The minimum absolute atomic E-state index is 1.24. The van der Waals surface area contributed by atoms with Gasteiger partial charge in [0, 0.05) is 45.7 Å². The molecule has 268 valence electrons. The molecule has 0 amide bonds. The monoisotopic (exact) mass is 768 g/mol. The highest BCUT2D eigenvalue weighted by Gasteiger charge is 2.19. The SMILES string of the molecule is c1ccc2c(-c3c4ccccc4c(-c4ccc5cc(-c6cc7c8cc9sc%10ccccc%10c9cc8sc7c7ccccc67)ccc5c4)c4ccccc34)cccc2c1. The average molecular weight is 769 g/mol. The van der Waals surface area contributed by atoms with Gasteiger partial charge in [0.15, 0.2) is 0 Å². The summed E-state index contributed by atoms with van der Waals surface area (Å²) in [6.07, 6.45) is 0. The third kappa shape index (κ3) is 4.68. The van der Waals surface area contributed by atoms with Gasteiger partial charge in [-0.25, -0.2) is 0 Å². The smallest absolute Gasteiger partial charge is 0.0434 e. The summed E-state index contributed by atoms with van der Waals surface area (Å²) in [5, 5.41) is 18.2. The first kappa shape index (κ1) is 32.3. The van der Waals surface area contributed by atoms with Crippen LogP contribution in [-0.4, -0.2) is 0 Å². The van der Waals surface area contributed by atoms with E-state index in [0.29, 0.717) is 0 Å². The first-order valence-electron chi connectivity index (χ1n) is 19.9. The Hall–Kier alpha value is -6.84. The summed E-state index contributed by atoms with van der Waals surface area (Å²) in [7, 11) is 0. The zero-order valence-corrected chi connectivity index (χ0v) is 32.9. The van der Waals surface area contributed by atoms with Crippen molar-refractivity contribution in [3.63, 3.8) is 0 Å². The highest BCUT2D eigenvalue weighted by Crippen LogP contribution is 2.48. The number of fused-ring (bicyclic) bond motifs is 12. The van der Waals surface area contributed by atoms with Crippen LogP contribution in [-0.2, 0) is 0 Å². The van der Waals surface area contributed by atoms with E-state index in [1.54, 1.807) is 0 Å². The van der Waals surface area contributed by atoms with Crippen LogP contribution in [0.2, 0.25) is 0 Å². The summed E-state index contributed by atoms with van der Waals surface area (Å²) in [6, 6.07) is 72.6. The largest absolute Gasteiger partial charge is 0.135 e. The molecule has 0 atom stereocenters. The van der Waals surface area contributed by atoms with Crippen molar-refractivity contribution in [1.82, 2.24) is 0 Å². The van der Waals surface area contributed by atoms with Gasteiger partial charge in [0.2, 0.25) is 0 Å². The second kappa shape index (κ2) is 12.3. The lowest BCUT2D eigenvalue weighted by molar-refractivity contribution is 1.68.